The molecule has 0 bridgehead atoms. The van der Waals surface area contributed by atoms with Crippen molar-refractivity contribution in [3.63, 3.8) is 0 Å². The van der Waals surface area contributed by atoms with Crippen LogP contribution in [0.4, 0.5) is 0 Å². The van der Waals surface area contributed by atoms with E-state index in [0.29, 0.717) is 19.4 Å². The van der Waals surface area contributed by atoms with Crippen LogP contribution in [0.1, 0.15) is 194 Å². The number of hydrogen-bond acceptors (Lipinski definition) is 5. The molecular formula is C37H72NO4Re-. The van der Waals surface area contributed by atoms with Crippen molar-refractivity contribution in [3.8, 4) is 0 Å². The van der Waals surface area contributed by atoms with Crippen LogP contribution >= 0.6 is 0 Å². The molecule has 0 saturated carbocycles. The molecule has 0 fully saturated rings. The van der Waals surface area contributed by atoms with Crippen molar-refractivity contribution in [1.29, 1.82) is 0 Å². The van der Waals surface area contributed by atoms with Gasteiger partial charge < -0.3 is 21.7 Å². The summed E-state index contributed by atoms with van der Waals surface area (Å²) in [4.78, 5) is 24.1. The van der Waals surface area contributed by atoms with E-state index in [1.54, 1.807) is 0 Å². The summed E-state index contributed by atoms with van der Waals surface area (Å²) in [5, 5.41) is 3.56. The molecule has 0 unspecified atom stereocenters. The van der Waals surface area contributed by atoms with E-state index in [0.717, 1.165) is 64.5 Å². The van der Waals surface area contributed by atoms with Crippen LogP contribution < -0.4 is 5.32 Å². The summed E-state index contributed by atoms with van der Waals surface area (Å²) >= 11 is 0. The second-order valence-electron chi connectivity index (χ2n) is 12.4. The molecule has 1 radical (unpaired) electrons. The summed E-state index contributed by atoms with van der Waals surface area (Å²) in [5.74, 6) is -0.0281. The Morgan fingerprint density at radius 3 is 1.47 bits per heavy atom. The topological polar surface area (TPSA) is 64.6 Å². The molecule has 0 aliphatic carbocycles. The second-order valence-corrected chi connectivity index (χ2v) is 12.4. The minimum absolute atomic E-state index is 0. The molecule has 0 saturated heterocycles. The Bertz CT molecular complexity index is 559. The zero-order chi connectivity index (χ0) is 30.8. The number of nitrogens with one attached hydrogen (secondary N) is 1. The maximum atomic E-state index is 12.5. The predicted octanol–water partition coefficient (Wildman–Crippen LogP) is 10.8. The van der Waals surface area contributed by atoms with Crippen LogP contribution in [-0.4, -0.2) is 37.7 Å². The molecular weight excluding hydrogens is 709 g/mol. The Hall–Kier alpha value is -0.438. The van der Waals surface area contributed by atoms with Crippen LogP contribution in [0.2, 0.25) is 0 Å². The minimum atomic E-state index is -0.0590. The largest absolute Gasteiger partial charge is 0.466 e. The maximum Gasteiger partial charge on any atom is 0.306 e. The van der Waals surface area contributed by atoms with Crippen molar-refractivity contribution in [3.05, 3.63) is 6.92 Å². The van der Waals surface area contributed by atoms with Crippen LogP contribution in [0, 0.1) is 6.92 Å². The smallest absolute Gasteiger partial charge is 0.306 e. The van der Waals surface area contributed by atoms with Gasteiger partial charge in [-0.1, -0.05) is 117 Å². The number of unbranched alkanes of at least 4 members (excludes halogenated alkanes) is 19. The maximum absolute atomic E-state index is 12.5. The second kappa shape index (κ2) is 37.7. The van der Waals surface area contributed by atoms with E-state index in [-0.39, 0.29) is 38.5 Å². The first-order valence-electron chi connectivity index (χ1n) is 18.5. The number of hydrogen-bond donors (Lipinski definition) is 1. The van der Waals surface area contributed by atoms with Crippen LogP contribution in [0.15, 0.2) is 0 Å². The van der Waals surface area contributed by atoms with Gasteiger partial charge in [-0.05, 0) is 70.9 Å². The molecule has 0 amide bonds. The molecule has 0 aliphatic heterocycles. The molecule has 5 nitrogen and oxygen atoms in total. The van der Waals surface area contributed by atoms with Crippen LogP contribution in [-0.2, 0) is 39.5 Å². The van der Waals surface area contributed by atoms with Crippen molar-refractivity contribution in [2.75, 3.05) is 19.7 Å². The molecule has 0 aromatic carbocycles. The first-order chi connectivity index (χ1) is 20.6. The zero-order valence-electron chi connectivity index (χ0n) is 28.7. The quantitative estimate of drug-likeness (QED) is 0.0400. The Labute approximate surface area is 282 Å². The molecule has 0 aliphatic rings. The average Bonchev–Trinajstić information content (AvgIpc) is 2.98. The third-order valence-electron chi connectivity index (χ3n) is 8.18. The number of carbonyl (C=O) groups excluding carboxylic acids is 2. The van der Waals surface area contributed by atoms with E-state index in [2.05, 4.69) is 26.1 Å². The van der Waals surface area contributed by atoms with Gasteiger partial charge >= 0.3 is 11.9 Å². The van der Waals surface area contributed by atoms with E-state index >= 15 is 0 Å². The summed E-state index contributed by atoms with van der Waals surface area (Å²) in [6, 6.07) is 0. The van der Waals surface area contributed by atoms with Crippen LogP contribution in [0.5, 0.6) is 0 Å². The van der Waals surface area contributed by atoms with E-state index in [1.807, 2.05) is 0 Å². The summed E-state index contributed by atoms with van der Waals surface area (Å²) in [7, 11) is 0. The number of rotatable bonds is 34. The number of esters is 2. The van der Waals surface area contributed by atoms with Crippen molar-refractivity contribution in [1.82, 2.24) is 5.32 Å². The average molecular weight is 781 g/mol. The Morgan fingerprint density at radius 2 is 0.977 bits per heavy atom. The molecule has 0 aromatic rings. The summed E-state index contributed by atoms with van der Waals surface area (Å²) in [6.07, 6.45) is 31.9. The predicted molar refractivity (Wildman–Crippen MR) is 180 cm³/mol. The van der Waals surface area contributed by atoms with Gasteiger partial charge in [0.25, 0.3) is 0 Å². The fraction of sp³-hybridized carbons (Fsp3) is 0.919. The van der Waals surface area contributed by atoms with Gasteiger partial charge in [0, 0.05) is 33.3 Å². The third-order valence-corrected chi connectivity index (χ3v) is 8.18. The van der Waals surface area contributed by atoms with Gasteiger partial charge in [0.1, 0.15) is 6.10 Å². The van der Waals surface area contributed by atoms with Gasteiger partial charge in [-0.2, -0.15) is 6.42 Å². The molecule has 1 N–H and O–H groups in total. The van der Waals surface area contributed by atoms with E-state index < -0.39 is 0 Å². The first-order valence-corrected chi connectivity index (χ1v) is 18.5. The fourth-order valence-corrected chi connectivity index (χ4v) is 5.40. The summed E-state index contributed by atoms with van der Waals surface area (Å²) < 4.78 is 11.1. The molecule has 6 heteroatoms. The monoisotopic (exact) mass is 782 g/mol. The molecule has 43 heavy (non-hydrogen) atoms. The molecule has 0 atom stereocenters. The molecule has 0 heterocycles. The molecule has 257 valence electrons. The standard InChI is InChI=1S/C37H72NO4.Re/c1-4-7-10-12-16-22-28-35(29-23-17-13-11-8-5-2)42-37(40)31-25-19-15-21-27-33-38-32-26-20-14-18-24-30-36(39)41-34-9-6-3;/h35,38H,3-34H2,1-2H3;/q-1;. The summed E-state index contributed by atoms with van der Waals surface area (Å²) in [5.41, 5.74) is 0. The van der Waals surface area contributed by atoms with E-state index in [9.17, 15) is 9.59 Å². The van der Waals surface area contributed by atoms with Gasteiger partial charge in [-0.3, -0.25) is 9.59 Å². The van der Waals surface area contributed by atoms with Crippen molar-refractivity contribution in [2.45, 2.75) is 200 Å². The van der Waals surface area contributed by atoms with Crippen molar-refractivity contribution in [2.24, 2.45) is 0 Å². The van der Waals surface area contributed by atoms with Gasteiger partial charge in [-0.25, -0.2) is 0 Å². The Kier molecular flexibility index (Phi) is 39.2. The number of ether oxygens (including phenoxy) is 2. The third kappa shape index (κ3) is 35.9. The minimum Gasteiger partial charge on any atom is -0.466 e. The van der Waals surface area contributed by atoms with Crippen molar-refractivity contribution < 1.29 is 39.5 Å². The van der Waals surface area contributed by atoms with Crippen LogP contribution in [0.25, 0.3) is 0 Å². The molecule has 0 rings (SSSR count). The Balaban J connectivity index is 0. The summed E-state index contributed by atoms with van der Waals surface area (Å²) in [6.45, 7) is 11.0. The SMILES string of the molecule is [CH2-]CCCOC(=O)CCCCCCCNCCCCCCCC(=O)OC(CCCCCCCC)CCCCCCCC.[Re]. The van der Waals surface area contributed by atoms with Gasteiger partial charge in [0.05, 0.1) is 6.61 Å². The molecule has 0 aromatic heterocycles. The van der Waals surface area contributed by atoms with Crippen molar-refractivity contribution >= 4 is 11.9 Å². The number of carbonyl (C=O) groups is 2. The van der Waals surface area contributed by atoms with Crippen LogP contribution in [0.3, 0.4) is 0 Å². The van der Waals surface area contributed by atoms with Gasteiger partial charge in [-0.15, -0.1) is 0 Å². The zero-order valence-corrected chi connectivity index (χ0v) is 31.4. The normalized spacial score (nSPS) is 11.1. The van der Waals surface area contributed by atoms with E-state index in [1.165, 1.54) is 116 Å². The van der Waals surface area contributed by atoms with E-state index in [4.69, 9.17) is 9.47 Å². The van der Waals surface area contributed by atoms with Gasteiger partial charge in [0.15, 0.2) is 0 Å². The van der Waals surface area contributed by atoms with Gasteiger partial charge in [0.2, 0.25) is 0 Å². The Morgan fingerprint density at radius 1 is 0.558 bits per heavy atom. The molecule has 0 spiro atoms. The first kappa shape index (κ1) is 44.7. The fourth-order valence-electron chi connectivity index (χ4n) is 5.40.